The van der Waals surface area contributed by atoms with Crippen molar-refractivity contribution in [3.8, 4) is 56.4 Å². The van der Waals surface area contributed by atoms with Crippen LogP contribution in [0.5, 0.6) is 0 Å². The van der Waals surface area contributed by atoms with Gasteiger partial charge in [0.2, 0.25) is 0 Å². The van der Waals surface area contributed by atoms with Crippen molar-refractivity contribution in [1.82, 2.24) is 15.0 Å². The van der Waals surface area contributed by atoms with Crippen LogP contribution in [0.4, 0.5) is 0 Å². The molecule has 0 aliphatic rings. The minimum atomic E-state index is 0.566. The minimum absolute atomic E-state index is 0.566. The van der Waals surface area contributed by atoms with E-state index in [4.69, 9.17) is 23.8 Å². The fourth-order valence-electron chi connectivity index (χ4n) is 8.45. The summed E-state index contributed by atoms with van der Waals surface area (Å²) in [6.07, 6.45) is 0. The van der Waals surface area contributed by atoms with Crippen LogP contribution >= 0.6 is 0 Å². The predicted molar refractivity (Wildman–Crippen MR) is 237 cm³/mol. The van der Waals surface area contributed by atoms with Gasteiger partial charge in [-0.25, -0.2) is 15.0 Å². The number of aromatic nitrogens is 3. The van der Waals surface area contributed by atoms with Crippen molar-refractivity contribution in [1.29, 1.82) is 0 Å². The topological polar surface area (TPSA) is 65.0 Å². The number of nitrogens with zero attached hydrogens (tertiary/aromatic N) is 3. The van der Waals surface area contributed by atoms with Crippen LogP contribution < -0.4 is 0 Å². The zero-order chi connectivity index (χ0) is 38.2. The Hall–Kier alpha value is -7.89. The van der Waals surface area contributed by atoms with Gasteiger partial charge in [-0.1, -0.05) is 152 Å². The Morgan fingerprint density at radius 3 is 1.55 bits per heavy atom. The molecule has 0 spiro atoms. The van der Waals surface area contributed by atoms with Crippen LogP contribution in [0.15, 0.2) is 197 Å². The highest BCUT2D eigenvalue weighted by molar-refractivity contribution is 6.18. The van der Waals surface area contributed by atoms with Gasteiger partial charge in [0.1, 0.15) is 22.3 Å². The summed E-state index contributed by atoms with van der Waals surface area (Å²) in [4.78, 5) is 15.6. The van der Waals surface area contributed by atoms with E-state index < -0.39 is 0 Å². The van der Waals surface area contributed by atoms with Gasteiger partial charge in [-0.3, -0.25) is 0 Å². The van der Waals surface area contributed by atoms with Gasteiger partial charge in [0.25, 0.3) is 0 Å². The molecule has 270 valence electrons. The van der Waals surface area contributed by atoms with E-state index in [1.807, 2.05) is 36.4 Å². The summed E-state index contributed by atoms with van der Waals surface area (Å²) >= 11 is 0. The Morgan fingerprint density at radius 1 is 0.293 bits per heavy atom. The maximum atomic E-state index is 6.77. The number of benzene rings is 9. The van der Waals surface area contributed by atoms with Crippen LogP contribution in [-0.4, -0.2) is 15.0 Å². The van der Waals surface area contributed by atoms with E-state index >= 15 is 0 Å². The number of para-hydroxylation sites is 3. The molecule has 3 heterocycles. The van der Waals surface area contributed by atoms with Gasteiger partial charge >= 0.3 is 0 Å². The van der Waals surface area contributed by atoms with E-state index in [1.165, 1.54) is 10.8 Å². The highest BCUT2D eigenvalue weighted by Gasteiger charge is 2.23. The summed E-state index contributed by atoms with van der Waals surface area (Å²) in [7, 11) is 0. The Kier molecular flexibility index (Phi) is 7.16. The summed E-state index contributed by atoms with van der Waals surface area (Å²) in [5.74, 6) is 1.76. The lowest BCUT2D eigenvalue weighted by Gasteiger charge is -2.12. The lowest BCUT2D eigenvalue weighted by molar-refractivity contribution is 0.665. The van der Waals surface area contributed by atoms with Crippen molar-refractivity contribution in [2.75, 3.05) is 0 Å². The highest BCUT2D eigenvalue weighted by Crippen LogP contribution is 2.44. The average molecular weight is 742 g/mol. The smallest absolute Gasteiger partial charge is 0.164 e. The Bertz CT molecular complexity index is 3580. The van der Waals surface area contributed by atoms with Crippen molar-refractivity contribution in [2.24, 2.45) is 0 Å². The summed E-state index contributed by atoms with van der Waals surface area (Å²) in [6, 6.07) is 65.1. The van der Waals surface area contributed by atoms with Crippen molar-refractivity contribution in [3.05, 3.63) is 188 Å². The molecule has 0 saturated carbocycles. The molecule has 0 aliphatic carbocycles. The summed E-state index contributed by atoms with van der Waals surface area (Å²) in [6.45, 7) is 0. The van der Waals surface area contributed by atoms with Crippen LogP contribution in [0.25, 0.3) is 122 Å². The minimum Gasteiger partial charge on any atom is -0.455 e. The molecule has 0 radical (unpaired) electrons. The van der Waals surface area contributed by atoms with Gasteiger partial charge in [-0.2, -0.15) is 0 Å². The van der Waals surface area contributed by atoms with Crippen LogP contribution in [0, 0.1) is 0 Å². The van der Waals surface area contributed by atoms with Crippen LogP contribution in [0.1, 0.15) is 0 Å². The van der Waals surface area contributed by atoms with Gasteiger partial charge in [-0.15, -0.1) is 0 Å². The number of rotatable bonds is 5. The van der Waals surface area contributed by atoms with Crippen molar-refractivity contribution < 1.29 is 8.83 Å². The summed E-state index contributed by atoms with van der Waals surface area (Å²) < 4.78 is 13.3. The van der Waals surface area contributed by atoms with Crippen LogP contribution in [-0.2, 0) is 0 Å². The number of hydrogen-bond acceptors (Lipinski definition) is 5. The van der Waals surface area contributed by atoms with Gasteiger partial charge in [0.05, 0.1) is 0 Å². The van der Waals surface area contributed by atoms with E-state index in [9.17, 15) is 0 Å². The van der Waals surface area contributed by atoms with Gasteiger partial charge < -0.3 is 8.83 Å². The molecule has 0 aliphatic heterocycles. The molecule has 0 N–H and O–H groups in total. The van der Waals surface area contributed by atoms with Gasteiger partial charge in [-0.05, 0) is 69.1 Å². The van der Waals surface area contributed by atoms with E-state index in [-0.39, 0.29) is 0 Å². The second kappa shape index (κ2) is 12.8. The molecule has 0 saturated heterocycles. The standard InChI is InChI=1S/C53H31N3O2/c1-3-12-36-30-38(26-22-32(36)10-1)34-20-24-35(25-21-34)51-54-52(39-27-23-33-11-2-4-13-37(33)31-39)56-53(55-51)45-29-28-43(50-48(45)44-15-6-8-19-47(44)58-50)42-17-9-16-41-40-14-5-7-18-46(40)57-49(41)42/h1-31H. The molecular formula is C53H31N3O2. The first kappa shape index (κ1) is 32.4. The number of hydrogen-bond donors (Lipinski definition) is 0. The van der Waals surface area contributed by atoms with E-state index in [1.54, 1.807) is 0 Å². The van der Waals surface area contributed by atoms with Crippen molar-refractivity contribution >= 4 is 65.4 Å². The van der Waals surface area contributed by atoms with Crippen LogP contribution in [0.2, 0.25) is 0 Å². The predicted octanol–water partition coefficient (Wildman–Crippen LogP) is 14.3. The third-order valence-electron chi connectivity index (χ3n) is 11.3. The first-order chi connectivity index (χ1) is 28.7. The van der Waals surface area contributed by atoms with Gasteiger partial charge in [0.15, 0.2) is 17.5 Å². The SMILES string of the molecule is c1ccc2cc(-c3ccc(-c4nc(-c5ccc6ccccc6c5)nc(-c5ccc(-c6cccc7c6oc6ccccc67)c6oc7ccccc7c56)n4)cc3)ccc2c1. The maximum Gasteiger partial charge on any atom is 0.164 e. The maximum absolute atomic E-state index is 6.77. The molecule has 0 fully saturated rings. The second-order valence-electron chi connectivity index (χ2n) is 14.8. The molecule has 5 heteroatoms. The Balaban J connectivity index is 1.06. The van der Waals surface area contributed by atoms with Crippen LogP contribution in [0.3, 0.4) is 0 Å². The van der Waals surface area contributed by atoms with Gasteiger partial charge in [0, 0.05) is 49.4 Å². The average Bonchev–Trinajstić information content (AvgIpc) is 3.88. The Labute approximate surface area is 332 Å². The monoisotopic (exact) mass is 741 g/mol. The number of fused-ring (bicyclic) bond motifs is 8. The molecular weight excluding hydrogens is 711 g/mol. The molecule has 3 aromatic heterocycles. The fraction of sp³-hybridized carbons (Fsp3) is 0. The lowest BCUT2D eigenvalue weighted by atomic mass is 9.96. The third-order valence-corrected chi connectivity index (χ3v) is 11.3. The molecule has 12 rings (SSSR count). The second-order valence-corrected chi connectivity index (χ2v) is 14.8. The molecule has 0 atom stereocenters. The largest absolute Gasteiger partial charge is 0.455 e. The first-order valence-electron chi connectivity index (χ1n) is 19.4. The van der Waals surface area contributed by atoms with E-state index in [0.717, 1.165) is 93.6 Å². The normalized spacial score (nSPS) is 11.8. The third kappa shape index (κ3) is 5.21. The molecule has 5 nitrogen and oxygen atoms in total. The lowest BCUT2D eigenvalue weighted by Crippen LogP contribution is -2.00. The van der Waals surface area contributed by atoms with E-state index in [0.29, 0.717) is 17.5 Å². The molecule has 9 aromatic carbocycles. The highest BCUT2D eigenvalue weighted by atomic mass is 16.3. The molecule has 0 amide bonds. The zero-order valence-electron chi connectivity index (χ0n) is 31.1. The molecule has 58 heavy (non-hydrogen) atoms. The summed E-state index contributed by atoms with van der Waals surface area (Å²) in [5.41, 5.74) is 10.1. The van der Waals surface area contributed by atoms with Crippen molar-refractivity contribution in [2.45, 2.75) is 0 Å². The molecule has 0 bridgehead atoms. The molecule has 0 unspecified atom stereocenters. The van der Waals surface area contributed by atoms with Crippen molar-refractivity contribution in [3.63, 3.8) is 0 Å². The Morgan fingerprint density at radius 2 is 0.793 bits per heavy atom. The summed E-state index contributed by atoms with van der Waals surface area (Å²) in [5, 5.41) is 8.79. The number of furan rings is 2. The molecule has 12 aromatic rings. The fourth-order valence-corrected chi connectivity index (χ4v) is 8.45. The zero-order valence-corrected chi connectivity index (χ0v) is 31.1. The first-order valence-corrected chi connectivity index (χ1v) is 19.4. The quantitative estimate of drug-likeness (QED) is 0.176. The van der Waals surface area contributed by atoms with E-state index in [2.05, 4.69) is 152 Å².